The van der Waals surface area contributed by atoms with Crippen LogP contribution in [0.4, 0.5) is 10.7 Å². The van der Waals surface area contributed by atoms with Crippen LogP contribution in [0.3, 0.4) is 0 Å². The number of aromatic nitrogens is 1. The lowest BCUT2D eigenvalue weighted by atomic mass is 10.0. The Labute approximate surface area is 171 Å². The van der Waals surface area contributed by atoms with Crippen LogP contribution >= 0.6 is 0 Å². The fourth-order valence-corrected chi connectivity index (χ4v) is 3.52. The monoisotopic (exact) mass is 411 g/mol. The van der Waals surface area contributed by atoms with E-state index in [1.165, 1.54) is 23.2 Å². The molecule has 0 bridgehead atoms. The Bertz CT molecular complexity index is 1190. The molecule has 0 unspecified atom stereocenters. The van der Waals surface area contributed by atoms with Crippen molar-refractivity contribution in [1.82, 2.24) is 9.47 Å². The minimum Gasteiger partial charge on any atom is -0.464 e. The van der Waals surface area contributed by atoms with Gasteiger partial charge in [0.15, 0.2) is 11.3 Å². The van der Waals surface area contributed by atoms with E-state index < -0.39 is 6.09 Å². The van der Waals surface area contributed by atoms with Crippen molar-refractivity contribution in [2.75, 3.05) is 45.3 Å². The average molecular weight is 411 g/mol. The number of fused-ring (bicyclic) bond motifs is 1. The van der Waals surface area contributed by atoms with E-state index in [0.29, 0.717) is 43.4 Å². The molecule has 1 aliphatic rings. The number of nitrogens with zero attached hydrogens (tertiary/aromatic N) is 3. The summed E-state index contributed by atoms with van der Waals surface area (Å²) < 4.78 is 12.5. The first-order valence-corrected chi connectivity index (χ1v) is 9.44. The van der Waals surface area contributed by atoms with Crippen LogP contribution in [-0.2, 0) is 4.74 Å². The van der Waals surface area contributed by atoms with Crippen molar-refractivity contribution in [2.24, 2.45) is 0 Å². The Morgan fingerprint density at radius 1 is 1.13 bits per heavy atom. The Morgan fingerprint density at radius 2 is 1.87 bits per heavy atom. The van der Waals surface area contributed by atoms with E-state index >= 15 is 0 Å². The molecule has 4 rings (SSSR count). The van der Waals surface area contributed by atoms with E-state index in [9.17, 15) is 19.5 Å². The molecule has 0 spiro atoms. The van der Waals surface area contributed by atoms with Crippen molar-refractivity contribution in [3.63, 3.8) is 0 Å². The van der Waals surface area contributed by atoms with Gasteiger partial charge in [-0.2, -0.15) is 0 Å². The fraction of sp³-hybridized carbons (Fsp3) is 0.286. The van der Waals surface area contributed by atoms with E-state index in [0.717, 1.165) is 4.57 Å². The summed E-state index contributed by atoms with van der Waals surface area (Å²) in [5.41, 5.74) is 0.869. The van der Waals surface area contributed by atoms with Crippen LogP contribution in [0.2, 0.25) is 0 Å². The molecule has 9 nitrogen and oxygen atoms in total. The smallest absolute Gasteiger partial charge is 0.416 e. The van der Waals surface area contributed by atoms with Gasteiger partial charge in [-0.25, -0.2) is 4.79 Å². The van der Waals surface area contributed by atoms with Crippen LogP contribution in [0.25, 0.3) is 22.2 Å². The molecular weight excluding hydrogens is 390 g/mol. The zero-order valence-corrected chi connectivity index (χ0v) is 16.6. The van der Waals surface area contributed by atoms with Gasteiger partial charge >= 0.3 is 6.09 Å². The number of carbonyl (C=O) groups is 2. The highest BCUT2D eigenvalue weighted by atomic mass is 16.5. The summed E-state index contributed by atoms with van der Waals surface area (Å²) in [4.78, 5) is 40.5. The Morgan fingerprint density at radius 3 is 2.53 bits per heavy atom. The SMILES string of the molecule is CN(C)C(=O)c1cc(-c2cccn2C(=O)O)c2oc(N3CCOCC3)cc(=O)c2c1. The number of anilines is 1. The van der Waals surface area contributed by atoms with Gasteiger partial charge in [0.2, 0.25) is 0 Å². The Balaban J connectivity index is 2.00. The van der Waals surface area contributed by atoms with Crippen molar-refractivity contribution in [3.05, 3.63) is 52.3 Å². The van der Waals surface area contributed by atoms with Gasteiger partial charge in [-0.05, 0) is 24.3 Å². The number of carboxylic acid groups (broad SMARTS) is 1. The number of hydrogen-bond donors (Lipinski definition) is 1. The van der Waals surface area contributed by atoms with E-state index in [1.807, 2.05) is 4.90 Å². The summed E-state index contributed by atoms with van der Waals surface area (Å²) in [7, 11) is 3.21. The highest BCUT2D eigenvalue weighted by Crippen LogP contribution is 2.32. The summed E-state index contributed by atoms with van der Waals surface area (Å²) in [5, 5.41) is 9.76. The molecule has 3 heterocycles. The van der Waals surface area contributed by atoms with Gasteiger partial charge in [-0.15, -0.1) is 0 Å². The maximum absolute atomic E-state index is 13.0. The van der Waals surface area contributed by atoms with Crippen LogP contribution in [0.15, 0.2) is 45.7 Å². The normalized spacial score (nSPS) is 14.1. The quantitative estimate of drug-likeness (QED) is 0.705. The maximum Gasteiger partial charge on any atom is 0.416 e. The third kappa shape index (κ3) is 3.43. The van der Waals surface area contributed by atoms with Gasteiger partial charge in [-0.1, -0.05) is 0 Å². The largest absolute Gasteiger partial charge is 0.464 e. The van der Waals surface area contributed by atoms with E-state index in [-0.39, 0.29) is 27.9 Å². The van der Waals surface area contributed by atoms with Crippen molar-refractivity contribution in [3.8, 4) is 11.3 Å². The number of hydrogen-bond acceptors (Lipinski definition) is 6. The molecule has 2 aromatic heterocycles. The summed E-state index contributed by atoms with van der Waals surface area (Å²) in [6.07, 6.45) is 0.215. The van der Waals surface area contributed by atoms with Gasteiger partial charge < -0.3 is 24.1 Å². The third-order valence-corrected chi connectivity index (χ3v) is 5.02. The summed E-state index contributed by atoms with van der Waals surface area (Å²) in [6.45, 7) is 2.19. The minimum atomic E-state index is -1.18. The van der Waals surface area contributed by atoms with Gasteiger partial charge in [0.25, 0.3) is 5.91 Å². The molecule has 0 saturated carbocycles. The molecule has 1 aromatic carbocycles. The summed E-state index contributed by atoms with van der Waals surface area (Å²) in [6, 6.07) is 7.64. The lowest BCUT2D eigenvalue weighted by Gasteiger charge is -2.27. The lowest BCUT2D eigenvalue weighted by Crippen LogP contribution is -2.36. The molecule has 0 radical (unpaired) electrons. The molecule has 1 fully saturated rings. The first-order chi connectivity index (χ1) is 14.4. The van der Waals surface area contributed by atoms with E-state index in [4.69, 9.17) is 9.15 Å². The van der Waals surface area contributed by atoms with E-state index in [2.05, 4.69) is 0 Å². The third-order valence-electron chi connectivity index (χ3n) is 5.02. The standard InChI is InChI=1S/C21H21N3O6/c1-22(2)20(26)13-10-14(16-4-3-5-24(16)21(27)28)19-15(11-13)17(25)12-18(30-19)23-6-8-29-9-7-23/h3-5,10-12H,6-9H2,1-2H3,(H,27,28). The van der Waals surface area contributed by atoms with Crippen LogP contribution in [0, 0.1) is 0 Å². The molecule has 30 heavy (non-hydrogen) atoms. The highest BCUT2D eigenvalue weighted by Gasteiger charge is 2.22. The van der Waals surface area contributed by atoms with Crippen LogP contribution < -0.4 is 10.3 Å². The molecule has 0 atom stereocenters. The van der Waals surface area contributed by atoms with Gasteiger partial charge in [0, 0.05) is 50.6 Å². The average Bonchev–Trinajstić information content (AvgIpc) is 3.23. The Hall–Kier alpha value is -3.59. The zero-order chi connectivity index (χ0) is 21.4. The summed E-state index contributed by atoms with van der Waals surface area (Å²) >= 11 is 0. The first kappa shape index (κ1) is 19.7. The van der Waals surface area contributed by atoms with Crippen molar-refractivity contribution < 1.29 is 23.8 Å². The highest BCUT2D eigenvalue weighted by molar-refractivity contribution is 6.03. The van der Waals surface area contributed by atoms with E-state index in [1.54, 1.807) is 32.3 Å². The molecule has 1 amide bonds. The van der Waals surface area contributed by atoms with Crippen LogP contribution in [0.1, 0.15) is 10.4 Å². The topological polar surface area (TPSA) is 105 Å². The molecule has 0 aliphatic carbocycles. The molecule has 3 aromatic rings. The van der Waals surface area contributed by atoms with Crippen LogP contribution in [0.5, 0.6) is 0 Å². The molecular formula is C21H21N3O6. The van der Waals surface area contributed by atoms with Crippen LogP contribution in [-0.4, -0.2) is 67.0 Å². The molecule has 1 saturated heterocycles. The fourth-order valence-electron chi connectivity index (χ4n) is 3.52. The van der Waals surface area contributed by atoms with Gasteiger partial charge in [-0.3, -0.25) is 14.2 Å². The first-order valence-electron chi connectivity index (χ1n) is 9.44. The summed E-state index contributed by atoms with van der Waals surface area (Å²) in [5.74, 6) is 0.0837. The van der Waals surface area contributed by atoms with Crippen molar-refractivity contribution >= 4 is 28.9 Å². The molecule has 156 valence electrons. The predicted molar refractivity (Wildman–Crippen MR) is 110 cm³/mol. The molecule has 1 N–H and O–H groups in total. The van der Waals surface area contributed by atoms with Crippen molar-refractivity contribution in [1.29, 1.82) is 0 Å². The Kier molecular flexibility index (Phi) is 5.04. The second-order valence-electron chi connectivity index (χ2n) is 7.19. The van der Waals surface area contributed by atoms with Gasteiger partial charge in [0.1, 0.15) is 5.58 Å². The van der Waals surface area contributed by atoms with Gasteiger partial charge in [0.05, 0.1) is 24.3 Å². The second kappa shape index (κ2) is 7.68. The van der Waals surface area contributed by atoms with Crippen molar-refractivity contribution in [2.45, 2.75) is 0 Å². The second-order valence-corrected chi connectivity index (χ2v) is 7.19. The number of morpholine rings is 1. The number of rotatable bonds is 3. The number of amides is 1. The minimum absolute atomic E-state index is 0.216. The molecule has 9 heteroatoms. The molecule has 1 aliphatic heterocycles. The predicted octanol–water partition coefficient (Wildman–Crippen LogP) is 2.33. The lowest BCUT2D eigenvalue weighted by molar-refractivity contribution is 0.0827. The zero-order valence-electron chi connectivity index (χ0n) is 16.6. The number of carbonyl (C=O) groups excluding carboxylic acids is 1. The number of ether oxygens (including phenoxy) is 1. The maximum atomic E-state index is 13.0. The number of benzene rings is 1.